The number of piperidine rings is 1. The molecule has 0 radical (unpaired) electrons. The number of halogens is 2. The summed E-state index contributed by atoms with van der Waals surface area (Å²) in [5.41, 5.74) is 0.884. The van der Waals surface area contributed by atoms with Crippen molar-refractivity contribution in [2.75, 3.05) is 39.4 Å². The van der Waals surface area contributed by atoms with Crippen molar-refractivity contribution in [2.45, 2.75) is 56.8 Å². The van der Waals surface area contributed by atoms with E-state index in [1.807, 2.05) is 40.1 Å². The van der Waals surface area contributed by atoms with E-state index in [2.05, 4.69) is 0 Å². The number of likely N-dealkylation sites (tertiary alicyclic amines) is 1. The molecule has 0 aromatic heterocycles. The molecular formula is C23H31F2N3O4. The topological polar surface area (TPSA) is 62.3 Å². The van der Waals surface area contributed by atoms with Gasteiger partial charge in [0.05, 0.1) is 25.3 Å². The third kappa shape index (κ3) is 5.20. The second-order valence-corrected chi connectivity index (χ2v) is 8.95. The Labute approximate surface area is 187 Å². The Bertz CT molecular complexity index is 800. The van der Waals surface area contributed by atoms with Gasteiger partial charge in [0.15, 0.2) is 0 Å². The molecule has 1 aromatic carbocycles. The second kappa shape index (κ2) is 9.70. The summed E-state index contributed by atoms with van der Waals surface area (Å²) in [6.45, 7) is 4.42. The molecule has 0 spiro atoms. The van der Waals surface area contributed by atoms with E-state index >= 15 is 0 Å². The molecule has 3 aliphatic heterocycles. The molecule has 9 heteroatoms. The number of alkyl halides is 2. The van der Waals surface area contributed by atoms with Crippen LogP contribution in [-0.2, 0) is 20.9 Å². The summed E-state index contributed by atoms with van der Waals surface area (Å²) in [5.74, 6) is -2.68. The highest BCUT2D eigenvalue weighted by molar-refractivity contribution is 5.87. The molecule has 4 rings (SSSR count). The third-order valence-corrected chi connectivity index (χ3v) is 6.70. The minimum absolute atomic E-state index is 0.114. The molecule has 1 aromatic rings. The lowest BCUT2D eigenvalue weighted by atomic mass is 10.00. The van der Waals surface area contributed by atoms with Crippen molar-refractivity contribution in [2.24, 2.45) is 0 Å². The van der Waals surface area contributed by atoms with Gasteiger partial charge in [0, 0.05) is 39.0 Å². The van der Waals surface area contributed by atoms with Crippen molar-refractivity contribution in [1.82, 2.24) is 14.7 Å². The van der Waals surface area contributed by atoms with E-state index in [1.54, 1.807) is 6.92 Å². The molecule has 7 nitrogen and oxygen atoms in total. The average Bonchev–Trinajstić information content (AvgIpc) is 2.79. The molecule has 3 saturated heterocycles. The van der Waals surface area contributed by atoms with E-state index in [1.165, 1.54) is 4.90 Å². The first-order valence-corrected chi connectivity index (χ1v) is 11.3. The van der Waals surface area contributed by atoms with Crippen LogP contribution in [0.3, 0.4) is 0 Å². The zero-order valence-corrected chi connectivity index (χ0v) is 18.4. The zero-order chi connectivity index (χ0) is 22.7. The van der Waals surface area contributed by atoms with Gasteiger partial charge in [-0.1, -0.05) is 30.3 Å². The Kier molecular flexibility index (Phi) is 6.95. The number of hydrogen-bond donors (Lipinski definition) is 0. The molecule has 0 N–H and O–H groups in total. The Morgan fingerprint density at radius 3 is 2.62 bits per heavy atom. The fourth-order valence-electron chi connectivity index (χ4n) is 4.73. The number of fused-ring (bicyclic) bond motifs is 1. The summed E-state index contributed by atoms with van der Waals surface area (Å²) in [6.07, 6.45) is -0.0721. The van der Waals surface area contributed by atoms with Crippen LogP contribution < -0.4 is 0 Å². The summed E-state index contributed by atoms with van der Waals surface area (Å²) in [5, 5.41) is 0. The lowest BCUT2D eigenvalue weighted by Crippen LogP contribution is -2.68. The molecule has 3 heterocycles. The number of rotatable bonds is 5. The molecule has 2 amide bonds. The van der Waals surface area contributed by atoms with Crippen LogP contribution in [0.15, 0.2) is 30.3 Å². The lowest BCUT2D eigenvalue weighted by Gasteiger charge is -2.50. The maximum Gasteiger partial charge on any atom is 0.410 e. The molecular weight excluding hydrogens is 420 g/mol. The summed E-state index contributed by atoms with van der Waals surface area (Å²) < 4.78 is 38.0. The third-order valence-electron chi connectivity index (χ3n) is 6.70. The van der Waals surface area contributed by atoms with Gasteiger partial charge in [-0.25, -0.2) is 13.6 Å². The molecule has 0 bridgehead atoms. The number of carbonyl (C=O) groups is 2. The van der Waals surface area contributed by atoms with Crippen molar-refractivity contribution in [3.63, 3.8) is 0 Å². The van der Waals surface area contributed by atoms with E-state index in [-0.39, 0.29) is 37.4 Å². The largest absolute Gasteiger partial charge is 0.445 e. The fourth-order valence-corrected chi connectivity index (χ4v) is 4.73. The van der Waals surface area contributed by atoms with E-state index in [9.17, 15) is 18.4 Å². The van der Waals surface area contributed by atoms with Crippen molar-refractivity contribution < 1.29 is 27.8 Å². The van der Waals surface area contributed by atoms with Gasteiger partial charge in [-0.15, -0.1) is 0 Å². The number of benzene rings is 1. The SMILES string of the molecule is C[C@H]1C(=O)N2[C@@H](CCN3CCC(F)(F)CC3)COC[C@H]2CN1C(=O)OCc1ccccc1. The first kappa shape index (κ1) is 22.9. The number of piperazine rings is 1. The first-order valence-electron chi connectivity index (χ1n) is 11.3. The molecule has 3 aliphatic rings. The summed E-state index contributed by atoms with van der Waals surface area (Å²) >= 11 is 0. The van der Waals surface area contributed by atoms with Crippen molar-refractivity contribution in [3.8, 4) is 0 Å². The van der Waals surface area contributed by atoms with Gasteiger partial charge in [-0.05, 0) is 18.9 Å². The minimum atomic E-state index is -2.56. The normalized spacial score (nSPS) is 28.3. The molecule has 32 heavy (non-hydrogen) atoms. The maximum absolute atomic E-state index is 13.4. The zero-order valence-electron chi connectivity index (χ0n) is 18.4. The molecule has 3 atom stereocenters. The van der Waals surface area contributed by atoms with Crippen LogP contribution in [0.4, 0.5) is 13.6 Å². The van der Waals surface area contributed by atoms with E-state index in [0.29, 0.717) is 45.8 Å². The van der Waals surface area contributed by atoms with E-state index in [0.717, 1.165) is 5.56 Å². The Morgan fingerprint density at radius 1 is 1.19 bits per heavy atom. The van der Waals surface area contributed by atoms with Crippen LogP contribution in [-0.4, -0.2) is 90.1 Å². The van der Waals surface area contributed by atoms with Gasteiger partial charge in [0.2, 0.25) is 5.91 Å². The van der Waals surface area contributed by atoms with Gasteiger partial charge in [-0.3, -0.25) is 9.69 Å². The first-order chi connectivity index (χ1) is 15.3. The van der Waals surface area contributed by atoms with Gasteiger partial charge in [-0.2, -0.15) is 0 Å². The molecule has 0 saturated carbocycles. The predicted molar refractivity (Wildman–Crippen MR) is 113 cm³/mol. The van der Waals surface area contributed by atoms with Gasteiger partial charge < -0.3 is 19.3 Å². The maximum atomic E-state index is 13.4. The molecule has 176 valence electrons. The van der Waals surface area contributed by atoms with Gasteiger partial charge >= 0.3 is 6.09 Å². The van der Waals surface area contributed by atoms with Crippen molar-refractivity contribution in [3.05, 3.63) is 35.9 Å². The van der Waals surface area contributed by atoms with E-state index < -0.39 is 18.1 Å². The minimum Gasteiger partial charge on any atom is -0.445 e. The number of amides is 2. The quantitative estimate of drug-likeness (QED) is 0.689. The summed E-state index contributed by atoms with van der Waals surface area (Å²) in [7, 11) is 0. The van der Waals surface area contributed by atoms with Crippen LogP contribution in [0.1, 0.15) is 31.7 Å². The number of morpholine rings is 1. The van der Waals surface area contributed by atoms with Crippen LogP contribution in [0.25, 0.3) is 0 Å². The van der Waals surface area contributed by atoms with E-state index in [4.69, 9.17) is 9.47 Å². The Balaban J connectivity index is 1.33. The van der Waals surface area contributed by atoms with Crippen LogP contribution >= 0.6 is 0 Å². The standard InChI is InChI=1S/C23H31F2N3O4/c1-17-21(29)28-19(7-10-26-11-8-23(24,25)9-12-26)15-31-16-20(28)13-27(17)22(30)32-14-18-5-3-2-4-6-18/h2-6,17,19-20H,7-16H2,1H3/t17-,19-,20+/m0/s1. The highest BCUT2D eigenvalue weighted by atomic mass is 19.3. The highest BCUT2D eigenvalue weighted by Gasteiger charge is 2.45. The Morgan fingerprint density at radius 2 is 1.91 bits per heavy atom. The van der Waals surface area contributed by atoms with Crippen LogP contribution in [0, 0.1) is 0 Å². The molecule has 3 fully saturated rings. The number of carbonyl (C=O) groups excluding carboxylic acids is 2. The van der Waals surface area contributed by atoms with Crippen molar-refractivity contribution in [1.29, 1.82) is 0 Å². The lowest BCUT2D eigenvalue weighted by molar-refractivity contribution is -0.161. The summed E-state index contributed by atoms with van der Waals surface area (Å²) in [4.78, 5) is 31.3. The molecule has 0 aliphatic carbocycles. The van der Waals surface area contributed by atoms with Crippen molar-refractivity contribution >= 4 is 12.0 Å². The fraction of sp³-hybridized carbons (Fsp3) is 0.652. The second-order valence-electron chi connectivity index (χ2n) is 8.95. The predicted octanol–water partition coefficient (Wildman–Crippen LogP) is 2.74. The monoisotopic (exact) mass is 451 g/mol. The van der Waals surface area contributed by atoms with Crippen LogP contribution in [0.2, 0.25) is 0 Å². The Hall–Kier alpha value is -2.26. The number of ether oxygens (including phenoxy) is 2. The molecule has 0 unspecified atom stereocenters. The van der Waals surface area contributed by atoms with Gasteiger partial charge in [0.25, 0.3) is 5.92 Å². The van der Waals surface area contributed by atoms with Gasteiger partial charge in [0.1, 0.15) is 12.6 Å². The summed E-state index contributed by atoms with van der Waals surface area (Å²) in [6, 6.07) is 8.44. The van der Waals surface area contributed by atoms with Crippen LogP contribution in [0.5, 0.6) is 0 Å². The highest BCUT2D eigenvalue weighted by Crippen LogP contribution is 2.29. The number of hydrogen-bond acceptors (Lipinski definition) is 5. The average molecular weight is 452 g/mol. The smallest absolute Gasteiger partial charge is 0.410 e. The number of nitrogens with zero attached hydrogens (tertiary/aromatic N) is 3.